The van der Waals surface area contributed by atoms with Crippen LogP contribution in [0.2, 0.25) is 0 Å². The van der Waals surface area contributed by atoms with E-state index >= 15 is 0 Å². The minimum Gasteiger partial charge on any atom is -0.342 e. The summed E-state index contributed by atoms with van der Waals surface area (Å²) < 4.78 is 0. The second-order valence-electron chi connectivity index (χ2n) is 6.45. The van der Waals surface area contributed by atoms with Crippen LogP contribution in [-0.2, 0) is 6.42 Å². The van der Waals surface area contributed by atoms with Gasteiger partial charge in [-0.2, -0.15) is 0 Å². The number of rotatable bonds is 3. The van der Waals surface area contributed by atoms with Gasteiger partial charge in [0.15, 0.2) is 0 Å². The van der Waals surface area contributed by atoms with Crippen LogP contribution >= 0.6 is 0 Å². The Hall–Kier alpha value is -1.35. The third-order valence-corrected chi connectivity index (χ3v) is 4.95. The number of nitrogens with one attached hydrogen (secondary N) is 2. The molecular formula is C17H23N3. The zero-order chi connectivity index (χ0) is 13.4. The molecular weight excluding hydrogens is 246 g/mol. The van der Waals surface area contributed by atoms with Gasteiger partial charge in [0, 0.05) is 12.0 Å². The predicted molar refractivity (Wildman–Crippen MR) is 82.0 cm³/mol. The molecule has 2 aliphatic rings. The van der Waals surface area contributed by atoms with Crippen LogP contribution in [0.1, 0.15) is 55.8 Å². The van der Waals surface area contributed by atoms with Crippen molar-refractivity contribution in [1.29, 1.82) is 0 Å². The van der Waals surface area contributed by atoms with Crippen LogP contribution in [0.4, 0.5) is 0 Å². The van der Waals surface area contributed by atoms with Gasteiger partial charge >= 0.3 is 0 Å². The minimum atomic E-state index is 0.669. The lowest BCUT2D eigenvalue weighted by Gasteiger charge is -2.09. The largest absolute Gasteiger partial charge is 0.342 e. The quantitative estimate of drug-likeness (QED) is 0.895. The first-order valence-electron chi connectivity index (χ1n) is 8.10. The van der Waals surface area contributed by atoms with Gasteiger partial charge in [-0.05, 0) is 56.3 Å². The zero-order valence-electron chi connectivity index (χ0n) is 12.0. The minimum absolute atomic E-state index is 0.669. The van der Waals surface area contributed by atoms with Crippen molar-refractivity contribution in [2.75, 3.05) is 6.54 Å². The second-order valence-corrected chi connectivity index (χ2v) is 6.45. The van der Waals surface area contributed by atoms with Gasteiger partial charge in [0.25, 0.3) is 0 Å². The van der Waals surface area contributed by atoms with Crippen molar-refractivity contribution in [2.24, 2.45) is 0 Å². The van der Waals surface area contributed by atoms with E-state index in [9.17, 15) is 0 Å². The summed E-state index contributed by atoms with van der Waals surface area (Å²) in [6, 6.07) is 7.42. The molecule has 1 aliphatic carbocycles. The predicted octanol–water partition coefficient (Wildman–Crippen LogP) is 3.52. The molecule has 1 aromatic heterocycles. The topological polar surface area (TPSA) is 40.7 Å². The summed E-state index contributed by atoms with van der Waals surface area (Å²) in [7, 11) is 0. The summed E-state index contributed by atoms with van der Waals surface area (Å²) >= 11 is 0. The normalized spacial score (nSPS) is 23.9. The fraction of sp³-hybridized carbons (Fsp3) is 0.588. The van der Waals surface area contributed by atoms with Gasteiger partial charge in [-0.1, -0.05) is 18.9 Å². The molecule has 4 rings (SSSR count). The number of aromatic amines is 1. The smallest absolute Gasteiger partial charge is 0.110 e. The first kappa shape index (κ1) is 12.4. The van der Waals surface area contributed by atoms with Crippen LogP contribution in [0.15, 0.2) is 18.2 Å². The highest BCUT2D eigenvalue weighted by molar-refractivity contribution is 5.76. The van der Waals surface area contributed by atoms with E-state index in [4.69, 9.17) is 4.98 Å². The number of H-pyrrole nitrogens is 1. The van der Waals surface area contributed by atoms with Gasteiger partial charge in [-0.25, -0.2) is 4.98 Å². The summed E-state index contributed by atoms with van der Waals surface area (Å²) in [5, 5.41) is 3.58. The van der Waals surface area contributed by atoms with Crippen molar-refractivity contribution in [1.82, 2.24) is 15.3 Å². The van der Waals surface area contributed by atoms with Crippen molar-refractivity contribution >= 4 is 11.0 Å². The van der Waals surface area contributed by atoms with E-state index in [1.807, 2.05) is 0 Å². The summed E-state index contributed by atoms with van der Waals surface area (Å²) in [5.74, 6) is 1.89. The van der Waals surface area contributed by atoms with E-state index in [1.165, 1.54) is 62.0 Å². The molecule has 3 nitrogen and oxygen atoms in total. The third kappa shape index (κ3) is 2.35. The van der Waals surface area contributed by atoms with Crippen molar-refractivity contribution in [3.8, 4) is 0 Å². The highest BCUT2D eigenvalue weighted by atomic mass is 14.9. The maximum Gasteiger partial charge on any atom is 0.110 e. The third-order valence-electron chi connectivity index (χ3n) is 4.95. The fourth-order valence-corrected chi connectivity index (χ4v) is 3.81. The van der Waals surface area contributed by atoms with Gasteiger partial charge in [0.2, 0.25) is 0 Å². The Labute approximate surface area is 120 Å². The molecule has 2 fully saturated rings. The molecule has 2 aromatic rings. The number of aromatic nitrogens is 2. The Morgan fingerprint density at radius 1 is 1.10 bits per heavy atom. The molecule has 1 atom stereocenters. The van der Waals surface area contributed by atoms with Crippen molar-refractivity contribution < 1.29 is 0 Å². The number of nitrogens with zero attached hydrogens (tertiary/aromatic N) is 1. The molecule has 3 heteroatoms. The summed E-state index contributed by atoms with van der Waals surface area (Å²) in [4.78, 5) is 8.37. The van der Waals surface area contributed by atoms with Crippen molar-refractivity contribution in [2.45, 2.75) is 56.9 Å². The number of hydrogen-bond acceptors (Lipinski definition) is 2. The van der Waals surface area contributed by atoms with E-state index in [2.05, 4.69) is 28.5 Å². The fourth-order valence-electron chi connectivity index (χ4n) is 3.81. The molecule has 1 aromatic carbocycles. The lowest BCUT2D eigenvalue weighted by molar-refractivity contribution is 0.603. The SMILES string of the molecule is c1cc2nc(C3CCCC3)[nH]c2cc1CC1CCCN1. The Morgan fingerprint density at radius 2 is 2.00 bits per heavy atom. The van der Waals surface area contributed by atoms with Crippen LogP contribution in [0.5, 0.6) is 0 Å². The Balaban J connectivity index is 1.58. The first-order valence-corrected chi connectivity index (χ1v) is 8.10. The molecule has 1 saturated heterocycles. The highest BCUT2D eigenvalue weighted by Crippen LogP contribution is 2.33. The van der Waals surface area contributed by atoms with E-state index in [0.29, 0.717) is 12.0 Å². The van der Waals surface area contributed by atoms with Crippen LogP contribution < -0.4 is 5.32 Å². The lowest BCUT2D eigenvalue weighted by atomic mass is 10.0. The van der Waals surface area contributed by atoms with E-state index < -0.39 is 0 Å². The molecule has 2 heterocycles. The molecule has 0 radical (unpaired) electrons. The summed E-state index contributed by atoms with van der Waals surface area (Å²) in [5.41, 5.74) is 3.79. The molecule has 2 N–H and O–H groups in total. The molecule has 0 spiro atoms. The van der Waals surface area contributed by atoms with Crippen molar-refractivity contribution in [3.05, 3.63) is 29.6 Å². The van der Waals surface area contributed by atoms with Crippen molar-refractivity contribution in [3.63, 3.8) is 0 Å². The Bertz CT molecular complexity index is 589. The van der Waals surface area contributed by atoms with Gasteiger partial charge in [-0.3, -0.25) is 0 Å². The van der Waals surface area contributed by atoms with E-state index in [-0.39, 0.29) is 0 Å². The maximum absolute atomic E-state index is 4.80. The second kappa shape index (κ2) is 5.21. The number of benzene rings is 1. The highest BCUT2D eigenvalue weighted by Gasteiger charge is 2.20. The number of hydrogen-bond donors (Lipinski definition) is 2. The van der Waals surface area contributed by atoms with Crippen LogP contribution in [0, 0.1) is 0 Å². The molecule has 1 saturated carbocycles. The average Bonchev–Trinajstić information content (AvgIpc) is 3.19. The molecule has 0 bridgehead atoms. The lowest BCUT2D eigenvalue weighted by Crippen LogP contribution is -2.23. The molecule has 1 unspecified atom stereocenters. The Morgan fingerprint density at radius 3 is 2.80 bits per heavy atom. The van der Waals surface area contributed by atoms with Crippen LogP contribution in [0.3, 0.4) is 0 Å². The van der Waals surface area contributed by atoms with Gasteiger partial charge in [-0.15, -0.1) is 0 Å². The molecule has 0 amide bonds. The molecule has 20 heavy (non-hydrogen) atoms. The standard InChI is InChI=1S/C17H23N3/c1-2-5-13(4-1)17-19-15-8-7-12(11-16(15)20-17)10-14-6-3-9-18-14/h7-8,11,13-14,18H,1-6,9-10H2,(H,19,20). The van der Waals surface area contributed by atoms with Gasteiger partial charge in [0.05, 0.1) is 11.0 Å². The van der Waals surface area contributed by atoms with E-state index in [0.717, 1.165) is 11.9 Å². The molecule has 106 valence electrons. The maximum atomic E-state index is 4.80. The van der Waals surface area contributed by atoms with Crippen LogP contribution in [-0.4, -0.2) is 22.6 Å². The monoisotopic (exact) mass is 269 g/mol. The number of imidazole rings is 1. The summed E-state index contributed by atoms with van der Waals surface area (Å²) in [6.07, 6.45) is 9.11. The molecule has 1 aliphatic heterocycles. The first-order chi connectivity index (χ1) is 9.88. The average molecular weight is 269 g/mol. The summed E-state index contributed by atoms with van der Waals surface area (Å²) in [6.45, 7) is 1.18. The number of fused-ring (bicyclic) bond motifs is 1. The van der Waals surface area contributed by atoms with E-state index in [1.54, 1.807) is 0 Å². The van der Waals surface area contributed by atoms with Crippen LogP contribution in [0.25, 0.3) is 11.0 Å². The zero-order valence-corrected chi connectivity index (χ0v) is 12.0. The van der Waals surface area contributed by atoms with Gasteiger partial charge < -0.3 is 10.3 Å². The Kier molecular flexibility index (Phi) is 3.23. The van der Waals surface area contributed by atoms with Gasteiger partial charge in [0.1, 0.15) is 5.82 Å².